The standard InChI is InChI=1S/C30H35N3O2/c1-19-18-29-13-12-25(32(2)28(34)20-6-4-3-5-7-20)27(19)30(29)14-15-33(23-10-11-23)26(29)16-21-8-9-22(31-35)17-24(21)30/h3-9,17,19,23,25-27H,10-16,18H2,1-2H3/t19-,25?,26?,27?,29?,30?/m0/s1. The van der Waals surface area contributed by atoms with Crippen LogP contribution in [0.25, 0.3) is 0 Å². The number of benzene rings is 2. The van der Waals surface area contributed by atoms with Crippen molar-refractivity contribution in [1.82, 2.24) is 9.80 Å². The lowest BCUT2D eigenvalue weighted by molar-refractivity contribution is -0.106. The Morgan fingerprint density at radius 1 is 1.09 bits per heavy atom. The van der Waals surface area contributed by atoms with E-state index in [0.717, 1.165) is 43.8 Å². The van der Waals surface area contributed by atoms with E-state index in [1.165, 1.54) is 30.4 Å². The van der Waals surface area contributed by atoms with E-state index in [-0.39, 0.29) is 22.8 Å². The highest BCUT2D eigenvalue weighted by atomic mass is 16.3. The fraction of sp³-hybridized carbons (Fsp3) is 0.567. The minimum absolute atomic E-state index is 0.0188. The van der Waals surface area contributed by atoms with Crippen LogP contribution in [-0.4, -0.2) is 47.4 Å². The van der Waals surface area contributed by atoms with Gasteiger partial charge in [0.05, 0.1) is 0 Å². The second-order valence-electron chi connectivity index (χ2n) is 12.1. The number of likely N-dealkylation sites (tertiary alicyclic amines) is 1. The van der Waals surface area contributed by atoms with E-state index in [9.17, 15) is 9.70 Å². The molecule has 1 saturated heterocycles. The van der Waals surface area contributed by atoms with E-state index in [1.807, 2.05) is 43.4 Å². The monoisotopic (exact) mass is 469 g/mol. The lowest BCUT2D eigenvalue weighted by Crippen LogP contribution is -2.70. The van der Waals surface area contributed by atoms with Crippen molar-refractivity contribution in [3.63, 3.8) is 0 Å². The first kappa shape index (κ1) is 21.7. The van der Waals surface area contributed by atoms with Crippen LogP contribution in [0.15, 0.2) is 53.7 Å². The molecule has 0 radical (unpaired) electrons. The minimum atomic E-state index is 0.0188. The molecule has 182 valence electrons. The number of carbonyl (C=O) groups is 1. The highest BCUT2D eigenvalue weighted by molar-refractivity contribution is 5.94. The number of amides is 1. The first-order valence-electron chi connectivity index (χ1n) is 13.5. The van der Waals surface area contributed by atoms with Gasteiger partial charge in [0.15, 0.2) is 0 Å². The van der Waals surface area contributed by atoms with Crippen molar-refractivity contribution in [2.24, 2.45) is 22.4 Å². The summed E-state index contributed by atoms with van der Waals surface area (Å²) in [6, 6.07) is 17.5. The van der Waals surface area contributed by atoms with E-state index >= 15 is 0 Å². The molecular weight excluding hydrogens is 434 g/mol. The Balaban J connectivity index is 1.37. The van der Waals surface area contributed by atoms with Crippen molar-refractivity contribution in [2.75, 3.05) is 13.6 Å². The van der Waals surface area contributed by atoms with E-state index in [1.54, 1.807) is 0 Å². The van der Waals surface area contributed by atoms with Crippen molar-refractivity contribution >= 4 is 11.6 Å². The normalized spacial score (nSPS) is 37.3. The molecule has 5 aliphatic rings. The van der Waals surface area contributed by atoms with Gasteiger partial charge in [-0.15, -0.1) is 4.91 Å². The molecule has 0 spiro atoms. The maximum Gasteiger partial charge on any atom is 0.253 e. The smallest absolute Gasteiger partial charge is 0.253 e. The van der Waals surface area contributed by atoms with Crippen molar-refractivity contribution < 1.29 is 4.79 Å². The minimum Gasteiger partial charge on any atom is -0.338 e. The molecule has 2 aromatic rings. The third kappa shape index (κ3) is 2.76. The van der Waals surface area contributed by atoms with Gasteiger partial charge in [-0.2, -0.15) is 0 Å². The Morgan fingerprint density at radius 2 is 1.89 bits per heavy atom. The van der Waals surface area contributed by atoms with Gasteiger partial charge in [0.25, 0.3) is 5.91 Å². The summed E-state index contributed by atoms with van der Waals surface area (Å²) in [7, 11) is 2.03. The van der Waals surface area contributed by atoms with Gasteiger partial charge in [-0.1, -0.05) is 31.2 Å². The third-order valence-electron chi connectivity index (χ3n) is 10.8. The third-order valence-corrected chi connectivity index (χ3v) is 10.8. The van der Waals surface area contributed by atoms with Gasteiger partial charge in [-0.05, 0) is 109 Å². The van der Waals surface area contributed by atoms with Crippen LogP contribution >= 0.6 is 0 Å². The first-order chi connectivity index (χ1) is 17.0. The maximum atomic E-state index is 13.6. The SMILES string of the molecule is C[C@H]1CC23CCC(N(C)C(=O)c4ccccc4)C1C21CCN(C2CC2)C3Cc2ccc(N=O)cc21. The summed E-state index contributed by atoms with van der Waals surface area (Å²) in [5.74, 6) is 1.07. The fourth-order valence-corrected chi connectivity index (χ4v) is 9.64. The van der Waals surface area contributed by atoms with E-state index < -0.39 is 0 Å². The summed E-state index contributed by atoms with van der Waals surface area (Å²) in [5.41, 5.74) is 4.39. The van der Waals surface area contributed by atoms with Gasteiger partial charge in [0.2, 0.25) is 0 Å². The summed E-state index contributed by atoms with van der Waals surface area (Å²) in [5, 5.41) is 3.36. The molecule has 5 unspecified atom stereocenters. The van der Waals surface area contributed by atoms with Crippen molar-refractivity contribution in [3.05, 3.63) is 70.1 Å². The molecule has 7 rings (SSSR count). The van der Waals surface area contributed by atoms with Crippen LogP contribution < -0.4 is 0 Å². The van der Waals surface area contributed by atoms with Crippen LogP contribution in [-0.2, 0) is 11.8 Å². The molecule has 4 bridgehead atoms. The number of nitrogens with zero attached hydrogens (tertiary/aromatic N) is 3. The summed E-state index contributed by atoms with van der Waals surface area (Å²) < 4.78 is 0. The zero-order valence-corrected chi connectivity index (χ0v) is 20.8. The highest BCUT2D eigenvalue weighted by Gasteiger charge is 2.74. The summed E-state index contributed by atoms with van der Waals surface area (Å²) in [6.45, 7) is 3.58. The molecule has 5 nitrogen and oxygen atoms in total. The van der Waals surface area contributed by atoms with Crippen molar-refractivity contribution in [3.8, 4) is 0 Å². The summed E-state index contributed by atoms with van der Waals surface area (Å²) in [6.07, 6.45) is 8.38. The average molecular weight is 470 g/mol. The Bertz CT molecular complexity index is 1190. The zero-order valence-electron chi connectivity index (χ0n) is 20.8. The van der Waals surface area contributed by atoms with Crippen LogP contribution in [0.4, 0.5) is 5.69 Å². The average Bonchev–Trinajstić information content (AvgIpc) is 3.70. The molecule has 6 atom stereocenters. The van der Waals surface area contributed by atoms with Crippen LogP contribution in [0.5, 0.6) is 0 Å². The lowest BCUT2D eigenvalue weighted by atomic mass is 9.43. The number of rotatable bonds is 4. The molecule has 1 heterocycles. The topological polar surface area (TPSA) is 53.0 Å². The van der Waals surface area contributed by atoms with Crippen LogP contribution in [0, 0.1) is 22.2 Å². The predicted octanol–water partition coefficient (Wildman–Crippen LogP) is 5.69. The molecule has 0 aromatic heterocycles. The molecule has 1 aliphatic heterocycles. The second kappa shape index (κ2) is 7.49. The van der Waals surface area contributed by atoms with Gasteiger partial charge >= 0.3 is 0 Å². The van der Waals surface area contributed by atoms with Crippen LogP contribution in [0.1, 0.15) is 66.9 Å². The zero-order chi connectivity index (χ0) is 23.9. The fourth-order valence-electron chi connectivity index (χ4n) is 9.64. The molecule has 1 amide bonds. The molecule has 0 N–H and O–H groups in total. The molecule has 2 aromatic carbocycles. The highest BCUT2D eigenvalue weighted by Crippen LogP contribution is 2.74. The molecule has 4 aliphatic carbocycles. The Hall–Kier alpha value is -2.53. The van der Waals surface area contributed by atoms with Gasteiger partial charge in [0.1, 0.15) is 5.69 Å². The van der Waals surface area contributed by atoms with E-state index in [0.29, 0.717) is 23.6 Å². The summed E-state index contributed by atoms with van der Waals surface area (Å²) >= 11 is 0. The molecular formula is C30H35N3O2. The second-order valence-corrected chi connectivity index (χ2v) is 12.1. The Kier molecular flexibility index (Phi) is 4.65. The Labute approximate surface area is 207 Å². The first-order valence-corrected chi connectivity index (χ1v) is 13.5. The number of hydrogen-bond donors (Lipinski definition) is 0. The Morgan fingerprint density at radius 3 is 2.63 bits per heavy atom. The van der Waals surface area contributed by atoms with E-state index in [4.69, 9.17) is 0 Å². The number of piperidine rings is 1. The number of carbonyl (C=O) groups excluding carboxylic acids is 1. The number of fused-ring (bicyclic) bond motifs is 1. The summed E-state index contributed by atoms with van der Waals surface area (Å²) in [4.78, 5) is 30.2. The predicted molar refractivity (Wildman–Crippen MR) is 137 cm³/mol. The van der Waals surface area contributed by atoms with Gasteiger partial charge in [0, 0.05) is 36.2 Å². The maximum absolute atomic E-state index is 13.6. The molecule has 5 heteroatoms. The van der Waals surface area contributed by atoms with Gasteiger partial charge in [-0.3, -0.25) is 9.69 Å². The quantitative estimate of drug-likeness (QED) is 0.541. The van der Waals surface area contributed by atoms with Crippen molar-refractivity contribution in [1.29, 1.82) is 0 Å². The van der Waals surface area contributed by atoms with Crippen molar-refractivity contribution in [2.45, 2.75) is 75.4 Å². The number of nitroso groups, excluding NO2 is 1. The molecule has 4 fully saturated rings. The molecule has 3 saturated carbocycles. The lowest BCUT2D eigenvalue weighted by Gasteiger charge is -2.67. The van der Waals surface area contributed by atoms with Gasteiger partial charge in [-0.25, -0.2) is 0 Å². The van der Waals surface area contributed by atoms with E-state index in [2.05, 4.69) is 34.0 Å². The number of hydrogen-bond acceptors (Lipinski definition) is 4. The largest absolute Gasteiger partial charge is 0.338 e. The molecule has 35 heavy (non-hydrogen) atoms. The van der Waals surface area contributed by atoms with Gasteiger partial charge < -0.3 is 4.90 Å². The van der Waals surface area contributed by atoms with Crippen LogP contribution in [0.2, 0.25) is 0 Å². The van der Waals surface area contributed by atoms with Crippen LogP contribution in [0.3, 0.4) is 0 Å².